The lowest BCUT2D eigenvalue weighted by Crippen LogP contribution is -2.50. The van der Waals surface area contributed by atoms with Gasteiger partial charge in [0, 0.05) is 11.7 Å². The number of para-hydroxylation sites is 1. The van der Waals surface area contributed by atoms with Crippen molar-refractivity contribution in [3.63, 3.8) is 0 Å². The molecule has 0 aromatic heterocycles. The van der Waals surface area contributed by atoms with Gasteiger partial charge in [0.05, 0.1) is 6.04 Å². The van der Waals surface area contributed by atoms with Crippen LogP contribution < -0.4 is 11.1 Å². The molecule has 4 nitrogen and oxygen atoms in total. The first-order valence-electron chi connectivity index (χ1n) is 7.54. The van der Waals surface area contributed by atoms with Crippen LogP contribution in [0.5, 0.6) is 0 Å². The number of likely N-dealkylation sites (tertiary alicyclic amines) is 1. The van der Waals surface area contributed by atoms with E-state index < -0.39 is 0 Å². The van der Waals surface area contributed by atoms with E-state index in [9.17, 15) is 4.79 Å². The van der Waals surface area contributed by atoms with Crippen molar-refractivity contribution in [2.45, 2.75) is 44.7 Å². The smallest absolute Gasteiger partial charge is 0.241 e. The number of nitrogens with zero attached hydrogens (tertiary/aromatic N) is 1. The Morgan fingerprint density at radius 2 is 2.15 bits per heavy atom. The van der Waals surface area contributed by atoms with Crippen LogP contribution in [-0.4, -0.2) is 36.0 Å². The zero-order valence-corrected chi connectivity index (χ0v) is 12.2. The maximum absolute atomic E-state index is 12.4. The van der Waals surface area contributed by atoms with Gasteiger partial charge in [0.15, 0.2) is 0 Å². The highest BCUT2D eigenvalue weighted by Crippen LogP contribution is 2.22. The fourth-order valence-corrected chi connectivity index (χ4v) is 2.95. The average molecular weight is 275 g/mol. The number of carbonyl (C=O) groups excluding carboxylic acids is 1. The minimum atomic E-state index is -0.105. The van der Waals surface area contributed by atoms with Gasteiger partial charge in [0.25, 0.3) is 0 Å². The normalized spacial score (nSPS) is 21.4. The number of nitrogens with one attached hydrogen (secondary N) is 1. The molecule has 2 atom stereocenters. The Bertz CT molecular complexity index is 419. The predicted octanol–water partition coefficient (Wildman–Crippen LogP) is 2.22. The van der Waals surface area contributed by atoms with Crippen LogP contribution in [0.15, 0.2) is 30.3 Å². The second-order valence-corrected chi connectivity index (χ2v) is 5.50. The summed E-state index contributed by atoms with van der Waals surface area (Å²) in [4.78, 5) is 14.7. The number of hydrogen-bond acceptors (Lipinski definition) is 3. The lowest BCUT2D eigenvalue weighted by molar-refractivity contribution is -0.122. The molecular formula is C16H25N3O. The molecule has 2 rings (SSSR count). The Balaban J connectivity index is 1.97. The molecule has 1 fully saturated rings. The topological polar surface area (TPSA) is 58.4 Å². The number of hydrogen-bond donors (Lipinski definition) is 2. The van der Waals surface area contributed by atoms with E-state index in [0.717, 1.165) is 25.1 Å². The largest absolute Gasteiger partial charge is 0.330 e. The van der Waals surface area contributed by atoms with Crippen LogP contribution in [-0.2, 0) is 4.79 Å². The second kappa shape index (κ2) is 7.41. The van der Waals surface area contributed by atoms with E-state index in [4.69, 9.17) is 5.73 Å². The van der Waals surface area contributed by atoms with Crippen molar-refractivity contribution >= 4 is 11.6 Å². The molecular weight excluding hydrogens is 250 g/mol. The van der Waals surface area contributed by atoms with Crippen molar-refractivity contribution in [2.75, 3.05) is 18.4 Å². The fraction of sp³-hybridized carbons (Fsp3) is 0.562. The maximum atomic E-state index is 12.4. The molecule has 0 bridgehead atoms. The molecule has 1 heterocycles. The van der Waals surface area contributed by atoms with Gasteiger partial charge in [-0.1, -0.05) is 24.6 Å². The minimum absolute atomic E-state index is 0.0696. The summed E-state index contributed by atoms with van der Waals surface area (Å²) in [6, 6.07) is 9.98. The van der Waals surface area contributed by atoms with Crippen LogP contribution >= 0.6 is 0 Å². The summed E-state index contributed by atoms with van der Waals surface area (Å²) in [5.41, 5.74) is 6.55. The standard InChI is InChI=1S/C16H25N3O/c1-13(16(20)18-14-7-3-2-4-8-14)19-12-6-5-9-15(19)10-11-17/h2-4,7-8,13,15H,5-6,9-12,17H2,1H3,(H,18,20). The summed E-state index contributed by atoms with van der Waals surface area (Å²) in [5, 5.41) is 2.99. The summed E-state index contributed by atoms with van der Waals surface area (Å²) < 4.78 is 0. The average Bonchev–Trinajstić information content (AvgIpc) is 2.48. The zero-order valence-electron chi connectivity index (χ0n) is 12.2. The number of benzene rings is 1. The van der Waals surface area contributed by atoms with Crippen molar-refractivity contribution in [1.29, 1.82) is 0 Å². The van der Waals surface area contributed by atoms with Gasteiger partial charge in [0.1, 0.15) is 0 Å². The molecule has 1 aliphatic heterocycles. The van der Waals surface area contributed by atoms with Gasteiger partial charge in [0.2, 0.25) is 5.91 Å². The summed E-state index contributed by atoms with van der Waals surface area (Å²) in [6.45, 7) is 3.68. The number of piperidine rings is 1. The van der Waals surface area contributed by atoms with E-state index >= 15 is 0 Å². The van der Waals surface area contributed by atoms with Crippen molar-refractivity contribution in [3.8, 4) is 0 Å². The van der Waals surface area contributed by atoms with Gasteiger partial charge in [-0.15, -0.1) is 0 Å². The third-order valence-corrected chi connectivity index (χ3v) is 4.09. The lowest BCUT2D eigenvalue weighted by Gasteiger charge is -2.39. The number of nitrogens with two attached hydrogens (primary N) is 1. The SMILES string of the molecule is CC(C(=O)Nc1ccccc1)N1CCCCC1CCN. The molecule has 2 unspecified atom stereocenters. The van der Waals surface area contributed by atoms with Gasteiger partial charge >= 0.3 is 0 Å². The molecule has 0 saturated carbocycles. The highest BCUT2D eigenvalue weighted by molar-refractivity contribution is 5.94. The Kier molecular flexibility index (Phi) is 5.56. The summed E-state index contributed by atoms with van der Waals surface area (Å²) in [6.07, 6.45) is 4.54. The van der Waals surface area contributed by atoms with Crippen LogP contribution in [0, 0.1) is 0 Å². The monoisotopic (exact) mass is 275 g/mol. The van der Waals surface area contributed by atoms with Gasteiger partial charge in [-0.3, -0.25) is 9.69 Å². The molecule has 3 N–H and O–H groups in total. The van der Waals surface area contributed by atoms with Crippen LogP contribution in [0.4, 0.5) is 5.69 Å². The first-order valence-corrected chi connectivity index (χ1v) is 7.54. The molecule has 0 radical (unpaired) electrons. The number of rotatable bonds is 5. The molecule has 110 valence electrons. The number of carbonyl (C=O) groups is 1. The summed E-state index contributed by atoms with van der Waals surface area (Å²) >= 11 is 0. The Morgan fingerprint density at radius 3 is 2.85 bits per heavy atom. The van der Waals surface area contributed by atoms with Gasteiger partial charge in [-0.25, -0.2) is 0 Å². The number of anilines is 1. The van der Waals surface area contributed by atoms with Crippen LogP contribution in [0.2, 0.25) is 0 Å². The van der Waals surface area contributed by atoms with Crippen molar-refractivity contribution in [2.24, 2.45) is 5.73 Å². The van der Waals surface area contributed by atoms with Crippen LogP contribution in [0.3, 0.4) is 0 Å². The van der Waals surface area contributed by atoms with E-state index in [1.54, 1.807) is 0 Å². The quantitative estimate of drug-likeness (QED) is 0.866. The second-order valence-electron chi connectivity index (χ2n) is 5.50. The molecule has 0 spiro atoms. The third-order valence-electron chi connectivity index (χ3n) is 4.09. The molecule has 1 aromatic carbocycles. The predicted molar refractivity (Wildman–Crippen MR) is 82.6 cm³/mol. The molecule has 4 heteroatoms. The first kappa shape index (κ1) is 15.0. The minimum Gasteiger partial charge on any atom is -0.330 e. The summed E-state index contributed by atoms with van der Waals surface area (Å²) in [7, 11) is 0. The van der Waals surface area contributed by atoms with E-state index in [0.29, 0.717) is 12.6 Å². The van der Waals surface area contributed by atoms with E-state index in [2.05, 4.69) is 10.2 Å². The Morgan fingerprint density at radius 1 is 1.40 bits per heavy atom. The van der Waals surface area contributed by atoms with Gasteiger partial charge in [-0.2, -0.15) is 0 Å². The van der Waals surface area contributed by atoms with E-state index in [1.165, 1.54) is 12.8 Å². The molecule has 1 amide bonds. The zero-order chi connectivity index (χ0) is 14.4. The van der Waals surface area contributed by atoms with Crippen LogP contribution in [0.25, 0.3) is 0 Å². The molecule has 1 saturated heterocycles. The van der Waals surface area contributed by atoms with Gasteiger partial charge < -0.3 is 11.1 Å². The number of amides is 1. The molecule has 1 aromatic rings. The lowest BCUT2D eigenvalue weighted by atomic mass is 9.97. The summed E-state index contributed by atoms with van der Waals surface area (Å²) in [5.74, 6) is 0.0696. The van der Waals surface area contributed by atoms with Crippen LogP contribution in [0.1, 0.15) is 32.6 Å². The molecule has 0 aliphatic carbocycles. The Hall–Kier alpha value is -1.39. The highest BCUT2D eigenvalue weighted by Gasteiger charge is 2.29. The Labute approximate surface area is 121 Å². The molecule has 1 aliphatic rings. The fourth-order valence-electron chi connectivity index (χ4n) is 2.95. The van der Waals surface area contributed by atoms with Crippen molar-refractivity contribution in [3.05, 3.63) is 30.3 Å². The maximum Gasteiger partial charge on any atom is 0.241 e. The third kappa shape index (κ3) is 3.81. The molecule has 20 heavy (non-hydrogen) atoms. The highest BCUT2D eigenvalue weighted by atomic mass is 16.2. The van der Waals surface area contributed by atoms with Gasteiger partial charge in [-0.05, 0) is 51.4 Å². The first-order chi connectivity index (χ1) is 9.72. The van der Waals surface area contributed by atoms with E-state index in [-0.39, 0.29) is 11.9 Å². The van der Waals surface area contributed by atoms with E-state index in [1.807, 2.05) is 37.3 Å². The van der Waals surface area contributed by atoms with Crippen molar-refractivity contribution in [1.82, 2.24) is 4.90 Å². The van der Waals surface area contributed by atoms with Crippen molar-refractivity contribution < 1.29 is 4.79 Å².